The second-order valence-electron chi connectivity index (χ2n) is 2.70. The number of allylic oxidation sites excluding steroid dienone is 1. The van der Waals surface area contributed by atoms with Crippen LogP contribution < -0.4 is 4.74 Å². The van der Waals surface area contributed by atoms with Crippen LogP contribution in [0.15, 0.2) is 24.3 Å². The molecule has 0 amide bonds. The molecule has 1 aromatic rings. The number of ether oxygens (including phenoxy) is 1. The fraction of sp³-hybridized carbons (Fsp3) is 0.182. The van der Waals surface area contributed by atoms with Crippen LogP contribution in [0.2, 0.25) is 0 Å². The quantitative estimate of drug-likeness (QED) is 0.434. The Bertz CT molecular complexity index is 345. The van der Waals surface area contributed by atoms with Gasteiger partial charge in [-0.05, 0) is 23.8 Å². The number of hydrogen-bond acceptors (Lipinski definition) is 2. The summed E-state index contributed by atoms with van der Waals surface area (Å²) in [5.74, 6) is 1.16. The lowest BCUT2D eigenvalue weighted by Gasteiger charge is -2.06. The standard InChI is InChI=1S/C11H11ClO2/c1-14-11-5-4-9(3-2-6-13)7-10(11)8-12/h2-7H,8H2,1H3. The van der Waals surface area contributed by atoms with Crippen molar-refractivity contribution in [3.05, 3.63) is 35.4 Å². The van der Waals surface area contributed by atoms with Crippen molar-refractivity contribution in [2.45, 2.75) is 5.88 Å². The van der Waals surface area contributed by atoms with Gasteiger partial charge in [0.2, 0.25) is 0 Å². The number of aldehydes is 1. The summed E-state index contributed by atoms with van der Waals surface area (Å²) in [6.07, 6.45) is 3.91. The first-order valence-corrected chi connectivity index (χ1v) is 4.70. The zero-order valence-corrected chi connectivity index (χ0v) is 8.62. The lowest BCUT2D eigenvalue weighted by molar-refractivity contribution is -0.104. The van der Waals surface area contributed by atoms with E-state index >= 15 is 0 Å². The highest BCUT2D eigenvalue weighted by molar-refractivity contribution is 6.17. The van der Waals surface area contributed by atoms with Crippen LogP contribution in [0.4, 0.5) is 0 Å². The Balaban J connectivity index is 3.00. The van der Waals surface area contributed by atoms with Crippen LogP contribution in [0.3, 0.4) is 0 Å². The molecule has 0 saturated heterocycles. The maximum Gasteiger partial charge on any atom is 0.142 e. The van der Waals surface area contributed by atoms with Crippen molar-refractivity contribution in [2.24, 2.45) is 0 Å². The van der Waals surface area contributed by atoms with Crippen LogP contribution in [-0.2, 0) is 10.7 Å². The molecular formula is C11H11ClO2. The van der Waals surface area contributed by atoms with E-state index in [1.54, 1.807) is 13.2 Å². The Kier molecular flexibility index (Phi) is 4.20. The zero-order valence-electron chi connectivity index (χ0n) is 7.87. The van der Waals surface area contributed by atoms with Crippen molar-refractivity contribution in [2.75, 3.05) is 7.11 Å². The Morgan fingerprint density at radius 1 is 1.50 bits per heavy atom. The first kappa shape index (κ1) is 10.8. The molecule has 0 bridgehead atoms. The molecule has 0 spiro atoms. The van der Waals surface area contributed by atoms with Crippen LogP contribution in [0.25, 0.3) is 6.08 Å². The number of methoxy groups -OCH3 is 1. The lowest BCUT2D eigenvalue weighted by atomic mass is 10.1. The van der Waals surface area contributed by atoms with Crippen molar-refractivity contribution in [3.8, 4) is 5.75 Å². The number of rotatable bonds is 4. The minimum atomic E-state index is 0.395. The fourth-order valence-corrected chi connectivity index (χ4v) is 1.37. The first-order valence-electron chi connectivity index (χ1n) is 4.16. The van der Waals surface area contributed by atoms with E-state index in [-0.39, 0.29) is 0 Å². The maximum absolute atomic E-state index is 10.1. The highest BCUT2D eigenvalue weighted by atomic mass is 35.5. The van der Waals surface area contributed by atoms with Crippen LogP contribution in [0, 0.1) is 0 Å². The average molecular weight is 211 g/mol. The largest absolute Gasteiger partial charge is 0.496 e. The van der Waals surface area contributed by atoms with Gasteiger partial charge in [-0.25, -0.2) is 0 Å². The summed E-state index contributed by atoms with van der Waals surface area (Å²) in [6.45, 7) is 0. The van der Waals surface area contributed by atoms with Crippen LogP contribution >= 0.6 is 11.6 Å². The summed E-state index contributed by atoms with van der Waals surface area (Å²) in [6, 6.07) is 5.60. The maximum atomic E-state index is 10.1. The van der Waals surface area contributed by atoms with Crippen molar-refractivity contribution in [1.29, 1.82) is 0 Å². The molecule has 0 unspecified atom stereocenters. The number of alkyl halides is 1. The smallest absolute Gasteiger partial charge is 0.142 e. The summed E-state index contributed by atoms with van der Waals surface area (Å²) < 4.78 is 5.12. The molecule has 0 atom stereocenters. The van der Waals surface area contributed by atoms with Gasteiger partial charge in [-0.3, -0.25) is 4.79 Å². The molecule has 0 saturated carbocycles. The predicted octanol–water partition coefficient (Wildman–Crippen LogP) is 2.65. The second kappa shape index (κ2) is 5.45. The predicted molar refractivity (Wildman–Crippen MR) is 57.6 cm³/mol. The van der Waals surface area contributed by atoms with E-state index in [1.165, 1.54) is 6.08 Å². The molecule has 0 aromatic heterocycles. The molecule has 0 aliphatic rings. The fourth-order valence-electron chi connectivity index (χ4n) is 1.16. The van der Waals surface area contributed by atoms with Gasteiger partial charge in [-0.2, -0.15) is 0 Å². The van der Waals surface area contributed by atoms with Gasteiger partial charge < -0.3 is 4.74 Å². The third-order valence-electron chi connectivity index (χ3n) is 1.82. The van der Waals surface area contributed by atoms with Gasteiger partial charge in [-0.15, -0.1) is 11.6 Å². The van der Waals surface area contributed by atoms with E-state index < -0.39 is 0 Å². The highest BCUT2D eigenvalue weighted by Gasteiger charge is 2.01. The van der Waals surface area contributed by atoms with Gasteiger partial charge in [0.25, 0.3) is 0 Å². The van der Waals surface area contributed by atoms with Gasteiger partial charge in [0, 0.05) is 5.56 Å². The van der Waals surface area contributed by atoms with E-state index in [9.17, 15) is 4.79 Å². The molecule has 74 valence electrons. The molecule has 0 aliphatic heterocycles. The molecule has 0 radical (unpaired) electrons. The summed E-state index contributed by atoms with van der Waals surface area (Å²) >= 11 is 5.74. The van der Waals surface area contributed by atoms with Crippen LogP contribution in [-0.4, -0.2) is 13.4 Å². The van der Waals surface area contributed by atoms with Crippen molar-refractivity contribution in [1.82, 2.24) is 0 Å². The van der Waals surface area contributed by atoms with E-state index in [4.69, 9.17) is 16.3 Å². The molecule has 0 aliphatic carbocycles. The molecule has 3 heteroatoms. The Labute approximate surface area is 88.1 Å². The van der Waals surface area contributed by atoms with Crippen LogP contribution in [0.1, 0.15) is 11.1 Å². The number of carbonyl (C=O) groups is 1. The summed E-state index contributed by atoms with van der Waals surface area (Å²) in [5, 5.41) is 0. The molecule has 14 heavy (non-hydrogen) atoms. The average Bonchev–Trinajstić information content (AvgIpc) is 2.25. The highest BCUT2D eigenvalue weighted by Crippen LogP contribution is 2.22. The van der Waals surface area contributed by atoms with Crippen molar-refractivity contribution >= 4 is 24.0 Å². The number of halogens is 1. The third-order valence-corrected chi connectivity index (χ3v) is 2.10. The number of benzene rings is 1. The summed E-state index contributed by atoms with van der Waals surface area (Å²) in [5.41, 5.74) is 1.86. The number of hydrogen-bond donors (Lipinski definition) is 0. The Morgan fingerprint density at radius 2 is 2.29 bits per heavy atom. The topological polar surface area (TPSA) is 26.3 Å². The molecule has 1 aromatic carbocycles. The van der Waals surface area contributed by atoms with Crippen LogP contribution in [0.5, 0.6) is 5.75 Å². The van der Waals surface area contributed by atoms with E-state index in [0.717, 1.165) is 23.2 Å². The summed E-state index contributed by atoms with van der Waals surface area (Å²) in [7, 11) is 1.60. The second-order valence-corrected chi connectivity index (χ2v) is 2.97. The minimum absolute atomic E-state index is 0.395. The zero-order chi connectivity index (χ0) is 10.4. The molecule has 0 fully saturated rings. The van der Waals surface area contributed by atoms with E-state index in [0.29, 0.717) is 5.88 Å². The minimum Gasteiger partial charge on any atom is -0.496 e. The van der Waals surface area contributed by atoms with E-state index in [1.807, 2.05) is 18.2 Å². The monoisotopic (exact) mass is 210 g/mol. The summed E-state index contributed by atoms with van der Waals surface area (Å²) in [4.78, 5) is 10.1. The van der Waals surface area contributed by atoms with Crippen molar-refractivity contribution < 1.29 is 9.53 Å². The molecule has 0 N–H and O–H groups in total. The van der Waals surface area contributed by atoms with Gasteiger partial charge in [0.1, 0.15) is 12.0 Å². The molecular weight excluding hydrogens is 200 g/mol. The van der Waals surface area contributed by atoms with Gasteiger partial charge in [-0.1, -0.05) is 12.1 Å². The first-order chi connectivity index (χ1) is 6.81. The lowest BCUT2D eigenvalue weighted by Crippen LogP contribution is -1.89. The molecule has 2 nitrogen and oxygen atoms in total. The van der Waals surface area contributed by atoms with Gasteiger partial charge >= 0.3 is 0 Å². The van der Waals surface area contributed by atoms with E-state index in [2.05, 4.69) is 0 Å². The van der Waals surface area contributed by atoms with Crippen molar-refractivity contribution in [3.63, 3.8) is 0 Å². The number of carbonyl (C=O) groups excluding carboxylic acids is 1. The van der Waals surface area contributed by atoms with Gasteiger partial charge in [0.05, 0.1) is 13.0 Å². The normalized spacial score (nSPS) is 10.4. The van der Waals surface area contributed by atoms with Gasteiger partial charge in [0.15, 0.2) is 0 Å². The Hall–Kier alpha value is -1.28. The third kappa shape index (κ3) is 2.60. The molecule has 1 rings (SSSR count). The molecule has 0 heterocycles. The Morgan fingerprint density at radius 3 is 2.86 bits per heavy atom. The SMILES string of the molecule is COc1ccc(C=CC=O)cc1CCl.